The molecule has 0 bridgehead atoms. The van der Waals surface area contributed by atoms with E-state index in [1.807, 2.05) is 0 Å². The summed E-state index contributed by atoms with van der Waals surface area (Å²) in [6, 6.07) is -3.98. The fourth-order valence-electron chi connectivity index (χ4n) is 17.1. The average Bonchev–Trinajstić information content (AvgIpc) is 0.774. The number of carbonyl (C=O) groups excluding carboxylic acids is 6. The molecule has 11 N–H and O–H groups in total. The molecule has 2 amide bonds. The summed E-state index contributed by atoms with van der Waals surface area (Å²) in [6.45, 7) is 10.3. The topological polar surface area (TPSA) is 456 Å². The molecule has 2 aliphatic heterocycles. The zero-order valence-electron chi connectivity index (χ0n) is 82.2. The second-order valence-corrected chi connectivity index (χ2v) is 41.1. The first-order valence-corrected chi connectivity index (χ1v) is 56.6. The molecule has 2 rings (SSSR count). The summed E-state index contributed by atoms with van der Waals surface area (Å²) in [4.78, 5) is 131. The van der Waals surface area contributed by atoms with E-state index >= 15 is 9.59 Å². The zero-order valence-corrected chi connectivity index (χ0v) is 84.9. The molecule has 2 heterocycles. The van der Waals surface area contributed by atoms with E-state index in [4.69, 9.17) is 61.5 Å². The highest BCUT2D eigenvalue weighted by Crippen LogP contribution is 2.61. The predicted octanol–water partition coefficient (Wildman–Crippen LogP) is 21.4. The maximum absolute atomic E-state index is 15.5. The van der Waals surface area contributed by atoms with E-state index in [9.17, 15) is 67.8 Å². The Hall–Kier alpha value is -3.13. The summed E-state index contributed by atoms with van der Waals surface area (Å²) >= 11 is 0. The monoisotopic (exact) mass is 1930 g/mol. The number of amides is 2. The maximum atomic E-state index is 15.5. The normalized spacial score (nSPS) is 20.7. The van der Waals surface area contributed by atoms with Crippen LogP contribution in [0.15, 0.2) is 0 Å². The second kappa shape index (κ2) is 79.6. The van der Waals surface area contributed by atoms with E-state index < -0.39 is 190 Å². The zero-order chi connectivity index (χ0) is 96.4. The largest absolute Gasteiger partial charge is 0.481 e. The van der Waals surface area contributed by atoms with Gasteiger partial charge in [0.2, 0.25) is 11.8 Å². The van der Waals surface area contributed by atoms with Crippen LogP contribution in [0, 0.1) is 0 Å². The van der Waals surface area contributed by atoms with Crippen LogP contribution in [0.2, 0.25) is 0 Å². The van der Waals surface area contributed by atoms with Gasteiger partial charge in [-0.05, 0) is 51.4 Å². The fourth-order valence-corrected chi connectivity index (χ4v) is 19.8. The highest BCUT2D eigenvalue weighted by atomic mass is 31.3. The Kier molecular flexibility index (Phi) is 75.3. The van der Waals surface area contributed by atoms with Gasteiger partial charge >= 0.3 is 47.3 Å². The molecule has 31 nitrogen and oxygen atoms in total. The third kappa shape index (κ3) is 65.4. The highest BCUT2D eigenvalue weighted by molar-refractivity contribution is 7.61. The van der Waals surface area contributed by atoms with Crippen LogP contribution >= 0.6 is 23.5 Å². The number of esters is 4. The molecule has 0 saturated carbocycles. The molecule has 2 saturated heterocycles. The van der Waals surface area contributed by atoms with Crippen molar-refractivity contribution in [2.75, 3.05) is 33.5 Å². The SMILES string of the molecule is CCCCCCCCCCCCCC(=O)O[C@H](CCCCCCCCCCC)CC(=O)OC1C(NC(=O)C[C@@H](CCCCCCCCCCC)OC(=O)CCCCCCCCCCC)[C@H](OCC2O[C@H](OP(=O)(O)O)C(NC(=O)C[C@H](O)CCCCCCCCCCC)C(OC(=O)C[C@H](O)CCCCCCCCCCC)[C@@H]2O)O[C@H](COC)[C@@H]1OP(=O)(O)OP(=O)(O)OCCN. The lowest BCUT2D eigenvalue weighted by Crippen LogP contribution is -2.68. The average molecular weight is 1940 g/mol. The Morgan fingerprint density at radius 3 is 1.08 bits per heavy atom. The summed E-state index contributed by atoms with van der Waals surface area (Å²) < 4.78 is 112. The lowest BCUT2D eigenvalue weighted by molar-refractivity contribution is -0.297. The molecule has 16 atom stereocenters. The minimum Gasteiger partial charge on any atom is -0.462 e. The molecule has 2 fully saturated rings. The molecule has 131 heavy (non-hydrogen) atoms. The van der Waals surface area contributed by atoms with Gasteiger partial charge in [-0.1, -0.05) is 375 Å². The molecule has 2 aliphatic rings. The number of nitrogens with one attached hydrogen (secondary N) is 2. The number of methoxy groups -OCH3 is 1. The summed E-state index contributed by atoms with van der Waals surface area (Å²) in [5, 5.41) is 40.7. The molecule has 0 spiro atoms. The van der Waals surface area contributed by atoms with Gasteiger partial charge < -0.3 is 89.2 Å². The number of nitrogens with two attached hydrogens (primary N) is 1. The molecule has 0 aliphatic carbocycles. The van der Waals surface area contributed by atoms with Gasteiger partial charge in [0.1, 0.15) is 48.7 Å². The highest BCUT2D eigenvalue weighted by Gasteiger charge is 2.56. The van der Waals surface area contributed by atoms with Crippen LogP contribution in [0.25, 0.3) is 0 Å². The van der Waals surface area contributed by atoms with Gasteiger partial charge in [0.05, 0.1) is 57.7 Å². The molecule has 34 heteroatoms. The van der Waals surface area contributed by atoms with Gasteiger partial charge in [-0.25, -0.2) is 13.7 Å². The number of carbonyl (C=O) groups is 6. The van der Waals surface area contributed by atoms with E-state index in [1.165, 1.54) is 52.1 Å². The van der Waals surface area contributed by atoms with Crippen LogP contribution in [-0.2, 0) is 98.2 Å². The lowest BCUT2D eigenvalue weighted by atomic mass is 9.95. The number of ether oxygens (including phenoxy) is 8. The summed E-state index contributed by atoms with van der Waals surface area (Å²) in [5.41, 5.74) is 5.57. The lowest BCUT2D eigenvalue weighted by Gasteiger charge is -2.47. The van der Waals surface area contributed by atoms with Gasteiger partial charge in [-0.3, -0.25) is 42.3 Å². The molecule has 772 valence electrons. The Morgan fingerprint density at radius 1 is 0.366 bits per heavy atom. The van der Waals surface area contributed by atoms with Gasteiger partial charge in [-0.15, -0.1) is 0 Å². The number of phosphoric ester groups is 3. The predicted molar refractivity (Wildman–Crippen MR) is 509 cm³/mol. The third-order valence-corrected chi connectivity index (χ3v) is 27.7. The molecule has 0 aromatic rings. The van der Waals surface area contributed by atoms with E-state index in [0.29, 0.717) is 38.5 Å². The van der Waals surface area contributed by atoms with Crippen LogP contribution < -0.4 is 16.4 Å². The Bertz CT molecular complexity index is 3000. The number of hydrogen-bond donors (Lipinski definition) is 10. The van der Waals surface area contributed by atoms with Gasteiger partial charge in [-0.2, -0.15) is 4.31 Å². The number of unbranched alkanes of at least 4 members (excludes halogenated alkanes) is 50. The van der Waals surface area contributed by atoms with Crippen LogP contribution in [0.4, 0.5) is 0 Å². The van der Waals surface area contributed by atoms with Gasteiger partial charge in [0, 0.05) is 26.5 Å². The smallest absolute Gasteiger partial charge is 0.462 e. The Morgan fingerprint density at radius 2 is 0.695 bits per heavy atom. The van der Waals surface area contributed by atoms with Crippen molar-refractivity contribution in [3.8, 4) is 0 Å². The van der Waals surface area contributed by atoms with E-state index in [1.54, 1.807) is 0 Å². The molecule has 7 unspecified atom stereocenters. The number of aliphatic hydroxyl groups excluding tert-OH is 3. The van der Waals surface area contributed by atoms with Crippen molar-refractivity contribution < 1.29 is 133 Å². The van der Waals surface area contributed by atoms with Crippen molar-refractivity contribution in [2.24, 2.45) is 5.73 Å². The molecule has 0 aromatic heterocycles. The van der Waals surface area contributed by atoms with Crippen molar-refractivity contribution in [3.05, 3.63) is 0 Å². The molecular weight excluding hydrogens is 1750 g/mol. The summed E-state index contributed by atoms with van der Waals surface area (Å²) in [5.74, 6) is -5.22. The quantitative estimate of drug-likeness (QED) is 0.0117. The fraction of sp³-hybridized carbons (Fsp3) is 0.938. The minimum atomic E-state index is -6.01. The molecule has 0 aromatic carbocycles. The molecule has 0 radical (unpaired) electrons. The van der Waals surface area contributed by atoms with Crippen molar-refractivity contribution in [2.45, 2.75) is 551 Å². The third-order valence-electron chi connectivity index (χ3n) is 24.6. The first-order valence-electron chi connectivity index (χ1n) is 52.0. The number of phosphoric acid groups is 3. The number of hydrogen-bond acceptors (Lipinski definition) is 25. The summed E-state index contributed by atoms with van der Waals surface area (Å²) in [6.07, 6.45) is 32.2. The van der Waals surface area contributed by atoms with Crippen molar-refractivity contribution in [1.29, 1.82) is 0 Å². The Labute approximate surface area is 789 Å². The summed E-state index contributed by atoms with van der Waals surface area (Å²) in [7, 11) is -16.1. The standard InChI is InChI=1S/C97H186N3O28P3/c1-8-14-20-26-32-38-39-45-51-57-63-69-87(106)121-81(67-61-55-49-43-36-30-24-18-12-5)75-89(108)125-95-91(100-85(104)74-80(66-60-54-48-42-35-29-23-17-11-4)120-86(105)68-62-56-50-44-37-31-25-19-13-6)96(123-83(76-117-7)93(95)126-131(115,116)128-130(113,114)119-71-70-98)118-77-82-92(109)94(124-88(107)73-79(102)65-59-53-47-41-34-28-22-16-10-3)90(97(122-82)127-129(110,111)112)99-84(103)72-78(101)64-58-52-46-40-33-27-21-15-9-2/h78-83,90-97,101-102,109H,8-77,98H2,1-7H3,(H,99,103)(H,100,104)(H,113,114)(H,115,116)(H2,110,111,112)/t78-,79-,80-,81-,82?,83-,90?,91?,92-,93+,94?,95?,96-,97-/m1/s1. The maximum Gasteiger partial charge on any atom is 0.481 e. The van der Waals surface area contributed by atoms with E-state index in [0.717, 1.165) is 276 Å². The van der Waals surface area contributed by atoms with Crippen molar-refractivity contribution in [3.63, 3.8) is 0 Å². The van der Waals surface area contributed by atoms with Crippen molar-refractivity contribution >= 4 is 59.2 Å². The van der Waals surface area contributed by atoms with E-state index in [-0.39, 0.29) is 45.1 Å². The first kappa shape index (κ1) is 124. The van der Waals surface area contributed by atoms with Crippen LogP contribution in [0.5, 0.6) is 0 Å². The van der Waals surface area contributed by atoms with Crippen LogP contribution in [0.1, 0.15) is 465 Å². The minimum absolute atomic E-state index is 0.0441. The van der Waals surface area contributed by atoms with Crippen LogP contribution in [0.3, 0.4) is 0 Å². The van der Waals surface area contributed by atoms with Crippen molar-refractivity contribution in [1.82, 2.24) is 10.6 Å². The van der Waals surface area contributed by atoms with Crippen LogP contribution in [-0.4, -0.2) is 190 Å². The number of aliphatic hydroxyl groups is 3. The van der Waals surface area contributed by atoms with Gasteiger partial charge in [0.25, 0.3) is 0 Å². The number of rotatable bonds is 90. The van der Waals surface area contributed by atoms with E-state index in [2.05, 4.69) is 52.2 Å². The Balaban J connectivity index is 3.03. The molecular formula is C97H186N3O28P3. The second-order valence-electron chi connectivity index (χ2n) is 36.9. The first-order chi connectivity index (χ1) is 63.1. The van der Waals surface area contributed by atoms with Gasteiger partial charge in [0.15, 0.2) is 24.8 Å².